The summed E-state index contributed by atoms with van der Waals surface area (Å²) in [7, 11) is 0. The monoisotopic (exact) mass is 359 g/mol. The van der Waals surface area contributed by atoms with Crippen molar-refractivity contribution in [3.63, 3.8) is 0 Å². The standard InChI is InChI=1S/C20H33N5O/c1-6-7-8-9-12-20(5,14-23-17(4)26)25-19(24-16(3)21)18-15(2)11-10-13-22-18/h10-11,13H,3,6-9,12,14,21H2,1-2,4-5H3,(H,23,26)(H,24,25)/t20-/m1/s1. The zero-order chi connectivity index (χ0) is 19.6. The first-order valence-corrected chi connectivity index (χ1v) is 9.25. The number of nitrogens with zero attached hydrogens (tertiary/aromatic N) is 2. The Labute approximate surface area is 157 Å². The molecule has 26 heavy (non-hydrogen) atoms. The molecule has 0 aliphatic rings. The third-order valence-corrected chi connectivity index (χ3v) is 4.22. The summed E-state index contributed by atoms with van der Waals surface area (Å²) in [5.74, 6) is 0.742. The molecule has 0 fully saturated rings. The minimum absolute atomic E-state index is 0.0534. The number of pyridine rings is 1. The predicted octanol–water partition coefficient (Wildman–Crippen LogP) is 3.02. The van der Waals surface area contributed by atoms with Crippen LogP contribution >= 0.6 is 0 Å². The Balaban J connectivity index is 3.06. The van der Waals surface area contributed by atoms with E-state index < -0.39 is 0 Å². The number of nitrogens with two attached hydrogens (primary N) is 1. The van der Waals surface area contributed by atoms with Crippen LogP contribution in [0.5, 0.6) is 0 Å². The van der Waals surface area contributed by atoms with Crippen molar-refractivity contribution in [1.29, 1.82) is 0 Å². The van der Waals surface area contributed by atoms with Gasteiger partial charge in [0.05, 0.1) is 5.54 Å². The number of aliphatic imine (C=N–C) groups is 1. The van der Waals surface area contributed by atoms with Gasteiger partial charge >= 0.3 is 0 Å². The van der Waals surface area contributed by atoms with E-state index in [0.717, 1.165) is 30.5 Å². The lowest BCUT2D eigenvalue weighted by atomic mass is 9.93. The zero-order valence-corrected chi connectivity index (χ0v) is 16.6. The number of unbranched alkanes of at least 4 members (excludes halogenated alkanes) is 3. The molecule has 0 aliphatic heterocycles. The van der Waals surface area contributed by atoms with Crippen molar-refractivity contribution in [3.05, 3.63) is 42.0 Å². The van der Waals surface area contributed by atoms with E-state index in [1.807, 2.05) is 19.1 Å². The summed E-state index contributed by atoms with van der Waals surface area (Å²) < 4.78 is 0. The van der Waals surface area contributed by atoms with E-state index in [9.17, 15) is 4.79 Å². The van der Waals surface area contributed by atoms with Crippen molar-refractivity contribution in [2.45, 2.75) is 65.3 Å². The molecule has 0 saturated carbocycles. The van der Waals surface area contributed by atoms with Crippen molar-refractivity contribution in [3.8, 4) is 0 Å². The minimum atomic E-state index is -0.363. The molecule has 0 spiro atoms. The third kappa shape index (κ3) is 7.68. The van der Waals surface area contributed by atoms with Crippen molar-refractivity contribution in [2.24, 2.45) is 10.7 Å². The molecule has 1 amide bonds. The van der Waals surface area contributed by atoms with Crippen molar-refractivity contribution in [1.82, 2.24) is 15.6 Å². The topological polar surface area (TPSA) is 92.4 Å². The first kappa shape index (κ1) is 21.7. The molecule has 1 heterocycles. The van der Waals surface area contributed by atoms with Crippen molar-refractivity contribution in [2.75, 3.05) is 6.54 Å². The highest BCUT2D eigenvalue weighted by atomic mass is 16.1. The van der Waals surface area contributed by atoms with Crippen LogP contribution in [0.25, 0.3) is 0 Å². The molecule has 0 radical (unpaired) electrons. The van der Waals surface area contributed by atoms with Crippen LogP contribution in [0.4, 0.5) is 0 Å². The van der Waals surface area contributed by atoms with Crippen LogP contribution in [0.1, 0.15) is 64.1 Å². The Bertz CT molecular complexity index is 641. The molecule has 1 rings (SSSR count). The van der Waals surface area contributed by atoms with E-state index in [0.29, 0.717) is 12.4 Å². The van der Waals surface area contributed by atoms with Gasteiger partial charge in [-0.15, -0.1) is 0 Å². The van der Waals surface area contributed by atoms with Gasteiger partial charge in [-0.25, -0.2) is 4.99 Å². The van der Waals surface area contributed by atoms with Gasteiger partial charge in [-0.05, 0) is 31.9 Å². The summed E-state index contributed by atoms with van der Waals surface area (Å²) in [6, 6.07) is 3.86. The fourth-order valence-electron chi connectivity index (χ4n) is 2.76. The highest BCUT2D eigenvalue weighted by molar-refractivity contribution is 5.99. The van der Waals surface area contributed by atoms with E-state index in [-0.39, 0.29) is 17.3 Å². The summed E-state index contributed by atoms with van der Waals surface area (Å²) in [6.45, 7) is 12.0. The molecule has 6 heteroatoms. The number of carbonyl (C=O) groups is 1. The Hall–Kier alpha value is -2.37. The first-order chi connectivity index (χ1) is 12.3. The van der Waals surface area contributed by atoms with E-state index in [4.69, 9.17) is 5.73 Å². The lowest BCUT2D eigenvalue weighted by molar-refractivity contribution is -0.119. The number of aromatic nitrogens is 1. The molecule has 0 aromatic carbocycles. The Morgan fingerprint density at radius 1 is 1.38 bits per heavy atom. The molecular weight excluding hydrogens is 326 g/mol. The third-order valence-electron chi connectivity index (χ3n) is 4.22. The van der Waals surface area contributed by atoms with Crippen LogP contribution in [-0.2, 0) is 4.79 Å². The largest absolute Gasteiger partial charge is 0.384 e. The summed E-state index contributed by atoms with van der Waals surface area (Å²) in [6.07, 6.45) is 7.24. The van der Waals surface area contributed by atoms with Crippen LogP contribution in [0.15, 0.2) is 35.7 Å². The quantitative estimate of drug-likeness (QED) is 0.340. The van der Waals surface area contributed by atoms with Crippen LogP contribution in [0, 0.1) is 6.92 Å². The number of amides is 1. The van der Waals surface area contributed by atoms with Gasteiger partial charge in [-0.2, -0.15) is 0 Å². The van der Waals surface area contributed by atoms with E-state index in [1.165, 1.54) is 19.8 Å². The van der Waals surface area contributed by atoms with Crippen molar-refractivity contribution >= 4 is 11.7 Å². The highest BCUT2D eigenvalue weighted by Crippen LogP contribution is 2.17. The normalized spacial score (nSPS) is 13.8. The Kier molecular flexibility index (Phi) is 8.82. The van der Waals surface area contributed by atoms with Gasteiger partial charge in [0.1, 0.15) is 11.5 Å². The summed E-state index contributed by atoms with van der Waals surface area (Å²) in [5.41, 5.74) is 7.11. The summed E-state index contributed by atoms with van der Waals surface area (Å²) >= 11 is 0. The van der Waals surface area contributed by atoms with Gasteiger partial charge in [-0.1, -0.05) is 45.3 Å². The van der Waals surface area contributed by atoms with E-state index >= 15 is 0 Å². The molecule has 1 atom stereocenters. The maximum Gasteiger partial charge on any atom is 0.216 e. The second kappa shape index (κ2) is 10.6. The van der Waals surface area contributed by atoms with E-state index in [2.05, 4.69) is 41.0 Å². The molecule has 4 N–H and O–H groups in total. The number of hydrogen-bond acceptors (Lipinski definition) is 4. The number of amidine groups is 1. The lowest BCUT2D eigenvalue weighted by Crippen LogP contribution is -2.54. The summed E-state index contributed by atoms with van der Waals surface area (Å²) in [5, 5.41) is 6.40. The van der Waals surface area contributed by atoms with Crippen LogP contribution < -0.4 is 16.4 Å². The fraction of sp³-hybridized carbons (Fsp3) is 0.550. The maximum atomic E-state index is 11.4. The number of rotatable bonds is 10. The van der Waals surface area contributed by atoms with Gasteiger partial charge < -0.3 is 16.4 Å². The fourth-order valence-corrected chi connectivity index (χ4v) is 2.76. The second-order valence-electron chi connectivity index (χ2n) is 7.03. The smallest absolute Gasteiger partial charge is 0.216 e. The van der Waals surface area contributed by atoms with Gasteiger partial charge in [-0.3, -0.25) is 9.78 Å². The molecule has 0 bridgehead atoms. The SMILES string of the molecule is C=C(N)/N=C(/N[C@](C)(CCCCCC)CNC(C)=O)c1ncccc1C. The molecule has 144 valence electrons. The Morgan fingerprint density at radius 2 is 2.12 bits per heavy atom. The average molecular weight is 360 g/mol. The number of hydrogen-bond donors (Lipinski definition) is 3. The molecule has 1 aromatic heterocycles. The molecule has 0 aliphatic carbocycles. The first-order valence-electron chi connectivity index (χ1n) is 9.25. The molecular formula is C20H33N5O. The second-order valence-corrected chi connectivity index (χ2v) is 7.03. The number of carbonyl (C=O) groups excluding carboxylic acids is 1. The number of aryl methyl sites for hydroxylation is 1. The number of nitrogens with one attached hydrogen (secondary N) is 2. The van der Waals surface area contributed by atoms with Crippen LogP contribution in [0.2, 0.25) is 0 Å². The lowest BCUT2D eigenvalue weighted by Gasteiger charge is -2.33. The van der Waals surface area contributed by atoms with Gasteiger partial charge in [0, 0.05) is 19.7 Å². The van der Waals surface area contributed by atoms with Gasteiger partial charge in [0.25, 0.3) is 0 Å². The van der Waals surface area contributed by atoms with Gasteiger partial charge in [0.15, 0.2) is 5.84 Å². The van der Waals surface area contributed by atoms with Gasteiger partial charge in [0.2, 0.25) is 5.91 Å². The van der Waals surface area contributed by atoms with Crippen LogP contribution in [0.3, 0.4) is 0 Å². The molecule has 1 aromatic rings. The highest BCUT2D eigenvalue weighted by Gasteiger charge is 2.27. The maximum absolute atomic E-state index is 11.4. The molecule has 0 saturated heterocycles. The minimum Gasteiger partial charge on any atom is -0.384 e. The van der Waals surface area contributed by atoms with Crippen LogP contribution in [-0.4, -0.2) is 28.8 Å². The van der Waals surface area contributed by atoms with E-state index in [1.54, 1.807) is 6.20 Å². The Morgan fingerprint density at radius 3 is 2.69 bits per heavy atom. The predicted molar refractivity (Wildman–Crippen MR) is 108 cm³/mol. The molecule has 0 unspecified atom stereocenters. The summed E-state index contributed by atoms with van der Waals surface area (Å²) in [4.78, 5) is 20.3. The zero-order valence-electron chi connectivity index (χ0n) is 16.6. The van der Waals surface area contributed by atoms with Crippen molar-refractivity contribution < 1.29 is 4.79 Å². The average Bonchev–Trinajstić information content (AvgIpc) is 2.57. The molecule has 6 nitrogen and oxygen atoms in total.